The van der Waals surface area contributed by atoms with Crippen LogP contribution in [-0.2, 0) is 11.8 Å². The first-order valence-electron chi connectivity index (χ1n) is 5.93. The van der Waals surface area contributed by atoms with Gasteiger partial charge in [0.1, 0.15) is 0 Å². The Balaban J connectivity index is 2.24. The van der Waals surface area contributed by atoms with Gasteiger partial charge in [0, 0.05) is 32.5 Å². The molecule has 94 valence electrons. The van der Waals surface area contributed by atoms with Crippen LogP contribution in [0.3, 0.4) is 0 Å². The van der Waals surface area contributed by atoms with Crippen LogP contribution < -0.4 is 4.90 Å². The third-order valence-electron chi connectivity index (χ3n) is 3.91. The summed E-state index contributed by atoms with van der Waals surface area (Å²) in [7, 11) is 1.93. The lowest BCUT2D eigenvalue weighted by molar-refractivity contribution is -0.150. The highest BCUT2D eigenvalue weighted by atomic mass is 16.4. The van der Waals surface area contributed by atoms with Crippen molar-refractivity contribution >= 4 is 11.9 Å². The minimum atomic E-state index is -0.691. The van der Waals surface area contributed by atoms with Crippen molar-refractivity contribution in [2.75, 3.05) is 18.0 Å². The molecule has 1 aliphatic heterocycles. The van der Waals surface area contributed by atoms with Crippen LogP contribution in [0.25, 0.3) is 0 Å². The van der Waals surface area contributed by atoms with Gasteiger partial charge in [0.2, 0.25) is 5.95 Å². The van der Waals surface area contributed by atoms with Gasteiger partial charge in [-0.1, -0.05) is 13.8 Å². The van der Waals surface area contributed by atoms with Crippen LogP contribution in [0.4, 0.5) is 5.95 Å². The Kier molecular flexibility index (Phi) is 2.85. The molecule has 1 unspecified atom stereocenters. The van der Waals surface area contributed by atoms with Crippen molar-refractivity contribution in [3.05, 3.63) is 12.4 Å². The van der Waals surface area contributed by atoms with Crippen molar-refractivity contribution in [3.63, 3.8) is 0 Å². The molecular formula is C12H19N3O2. The summed E-state index contributed by atoms with van der Waals surface area (Å²) in [6.07, 6.45) is 4.31. The van der Waals surface area contributed by atoms with Crippen molar-refractivity contribution in [1.82, 2.24) is 9.55 Å². The van der Waals surface area contributed by atoms with Crippen LogP contribution in [0.1, 0.15) is 20.3 Å². The molecule has 5 heteroatoms. The second-order valence-electron chi connectivity index (χ2n) is 5.13. The molecular weight excluding hydrogens is 218 g/mol. The molecule has 0 amide bonds. The largest absolute Gasteiger partial charge is 0.481 e. The lowest BCUT2D eigenvalue weighted by Gasteiger charge is -2.28. The number of hydrogen-bond donors (Lipinski definition) is 1. The van der Waals surface area contributed by atoms with Gasteiger partial charge in [0.25, 0.3) is 0 Å². The van der Waals surface area contributed by atoms with E-state index in [1.807, 2.05) is 31.7 Å². The summed E-state index contributed by atoms with van der Waals surface area (Å²) >= 11 is 0. The summed E-state index contributed by atoms with van der Waals surface area (Å²) in [4.78, 5) is 17.9. The maximum atomic E-state index is 11.5. The monoisotopic (exact) mass is 237 g/mol. The number of rotatable bonds is 3. The molecule has 0 radical (unpaired) electrons. The Hall–Kier alpha value is -1.52. The molecule has 5 nitrogen and oxygen atoms in total. The maximum absolute atomic E-state index is 11.5. The van der Waals surface area contributed by atoms with Gasteiger partial charge in [-0.3, -0.25) is 4.79 Å². The zero-order valence-electron chi connectivity index (χ0n) is 10.6. The molecule has 1 saturated heterocycles. The van der Waals surface area contributed by atoms with Gasteiger partial charge in [-0.05, 0) is 12.3 Å². The van der Waals surface area contributed by atoms with Gasteiger partial charge in [-0.2, -0.15) is 0 Å². The number of imidazole rings is 1. The molecule has 1 fully saturated rings. The van der Waals surface area contributed by atoms with Gasteiger partial charge >= 0.3 is 5.97 Å². The van der Waals surface area contributed by atoms with Crippen LogP contribution >= 0.6 is 0 Å². The van der Waals surface area contributed by atoms with E-state index in [-0.39, 0.29) is 5.92 Å². The van der Waals surface area contributed by atoms with Crippen molar-refractivity contribution in [1.29, 1.82) is 0 Å². The third-order valence-corrected chi connectivity index (χ3v) is 3.91. The average molecular weight is 237 g/mol. The van der Waals surface area contributed by atoms with E-state index >= 15 is 0 Å². The summed E-state index contributed by atoms with van der Waals surface area (Å²) in [6, 6.07) is 0. The van der Waals surface area contributed by atoms with Gasteiger partial charge in [0.15, 0.2) is 0 Å². The van der Waals surface area contributed by atoms with Crippen molar-refractivity contribution in [2.45, 2.75) is 20.3 Å². The van der Waals surface area contributed by atoms with Crippen LogP contribution in [0.2, 0.25) is 0 Å². The van der Waals surface area contributed by atoms with Crippen molar-refractivity contribution in [3.8, 4) is 0 Å². The Bertz CT molecular complexity index is 427. The number of carboxylic acids is 1. The molecule has 2 heterocycles. The molecule has 1 N–H and O–H groups in total. The second kappa shape index (κ2) is 4.05. The topological polar surface area (TPSA) is 58.4 Å². The zero-order valence-corrected chi connectivity index (χ0v) is 10.6. The Morgan fingerprint density at radius 2 is 2.29 bits per heavy atom. The van der Waals surface area contributed by atoms with E-state index in [0.717, 1.165) is 12.5 Å². The number of carboxylic acid groups (broad SMARTS) is 1. The predicted octanol–water partition coefficient (Wildman–Crippen LogP) is 1.36. The molecule has 1 aliphatic rings. The molecule has 17 heavy (non-hydrogen) atoms. The summed E-state index contributed by atoms with van der Waals surface area (Å²) in [5.74, 6) is 0.295. The number of anilines is 1. The highest BCUT2D eigenvalue weighted by molar-refractivity contribution is 5.77. The molecule has 1 atom stereocenters. The number of carbonyl (C=O) groups is 1. The molecule has 2 rings (SSSR count). The zero-order chi connectivity index (χ0) is 12.6. The van der Waals surface area contributed by atoms with E-state index in [9.17, 15) is 9.90 Å². The van der Waals surface area contributed by atoms with Crippen LogP contribution in [0.15, 0.2) is 12.4 Å². The first-order chi connectivity index (χ1) is 7.97. The molecule has 1 aromatic rings. The summed E-state index contributed by atoms with van der Waals surface area (Å²) < 4.78 is 1.93. The van der Waals surface area contributed by atoms with E-state index in [4.69, 9.17) is 0 Å². The molecule has 1 aromatic heterocycles. The highest BCUT2D eigenvalue weighted by Crippen LogP contribution is 2.39. The van der Waals surface area contributed by atoms with Crippen molar-refractivity contribution < 1.29 is 9.90 Å². The smallest absolute Gasteiger partial charge is 0.311 e. The lowest BCUT2D eigenvalue weighted by Crippen LogP contribution is -2.39. The van der Waals surface area contributed by atoms with Crippen LogP contribution in [0, 0.1) is 11.3 Å². The molecule has 0 saturated carbocycles. The third kappa shape index (κ3) is 1.79. The summed E-state index contributed by atoms with van der Waals surface area (Å²) in [5.41, 5.74) is -0.633. The number of nitrogens with zero attached hydrogens (tertiary/aromatic N) is 3. The number of aromatic nitrogens is 2. The minimum absolute atomic E-state index is 0.130. The van der Waals surface area contributed by atoms with Crippen LogP contribution in [-0.4, -0.2) is 33.7 Å². The van der Waals surface area contributed by atoms with Crippen LogP contribution in [0.5, 0.6) is 0 Å². The van der Waals surface area contributed by atoms with Gasteiger partial charge in [-0.15, -0.1) is 0 Å². The van der Waals surface area contributed by atoms with E-state index < -0.39 is 11.4 Å². The SMILES string of the molecule is CC(C)C1(C(=O)O)CCN(c2nccn2C)C1. The fourth-order valence-corrected chi connectivity index (χ4v) is 2.56. The summed E-state index contributed by atoms with van der Waals surface area (Å²) in [5, 5.41) is 9.46. The lowest BCUT2D eigenvalue weighted by atomic mass is 9.76. The molecule has 0 aliphatic carbocycles. The number of aliphatic carboxylic acids is 1. The molecule has 0 bridgehead atoms. The molecule has 0 aromatic carbocycles. The van der Waals surface area contributed by atoms with E-state index in [2.05, 4.69) is 9.88 Å². The standard InChI is InChI=1S/C12H19N3O2/c1-9(2)12(10(16)17)4-6-15(8-12)11-13-5-7-14(11)3/h5,7,9H,4,6,8H2,1-3H3,(H,16,17). The average Bonchev–Trinajstić information content (AvgIpc) is 2.83. The van der Waals surface area contributed by atoms with Gasteiger partial charge < -0.3 is 14.6 Å². The highest BCUT2D eigenvalue weighted by Gasteiger charge is 2.47. The van der Waals surface area contributed by atoms with E-state index in [1.54, 1.807) is 6.20 Å². The van der Waals surface area contributed by atoms with Gasteiger partial charge in [-0.25, -0.2) is 4.98 Å². The number of aryl methyl sites for hydroxylation is 1. The number of hydrogen-bond acceptors (Lipinski definition) is 3. The normalized spacial score (nSPS) is 24.6. The van der Waals surface area contributed by atoms with E-state index in [1.165, 1.54) is 0 Å². The quantitative estimate of drug-likeness (QED) is 0.862. The fourth-order valence-electron chi connectivity index (χ4n) is 2.56. The molecule has 0 spiro atoms. The Morgan fingerprint density at radius 1 is 1.59 bits per heavy atom. The first kappa shape index (κ1) is 12.0. The minimum Gasteiger partial charge on any atom is -0.481 e. The van der Waals surface area contributed by atoms with Crippen molar-refractivity contribution in [2.24, 2.45) is 18.4 Å². The maximum Gasteiger partial charge on any atom is 0.311 e. The first-order valence-corrected chi connectivity index (χ1v) is 5.93. The predicted molar refractivity (Wildman–Crippen MR) is 64.9 cm³/mol. The Labute approximate surface area is 101 Å². The Morgan fingerprint density at radius 3 is 2.71 bits per heavy atom. The van der Waals surface area contributed by atoms with Gasteiger partial charge in [0.05, 0.1) is 5.41 Å². The summed E-state index contributed by atoms with van der Waals surface area (Å²) in [6.45, 7) is 5.27. The second-order valence-corrected chi connectivity index (χ2v) is 5.13. The van der Waals surface area contributed by atoms with E-state index in [0.29, 0.717) is 13.0 Å². The fraction of sp³-hybridized carbons (Fsp3) is 0.667.